The molecule has 126 valence electrons. The second-order valence-electron chi connectivity index (χ2n) is 5.71. The first kappa shape index (κ1) is 16.2. The number of amides is 1. The first-order chi connectivity index (χ1) is 11.7. The Morgan fingerprint density at radius 3 is 2.71 bits per heavy atom. The van der Waals surface area contributed by atoms with Gasteiger partial charge in [-0.05, 0) is 31.2 Å². The molecule has 0 saturated carbocycles. The van der Waals surface area contributed by atoms with E-state index in [1.54, 1.807) is 0 Å². The van der Waals surface area contributed by atoms with Crippen molar-refractivity contribution in [2.75, 3.05) is 19.8 Å². The fraction of sp³-hybridized carbons (Fsp3) is 0.316. The Hall–Kier alpha value is -2.69. The number of rotatable bonds is 6. The molecule has 0 saturated heterocycles. The summed E-state index contributed by atoms with van der Waals surface area (Å²) in [7, 11) is 0. The number of fused-ring (bicyclic) bond motifs is 1. The van der Waals surface area contributed by atoms with Crippen molar-refractivity contribution in [2.45, 2.75) is 19.4 Å². The number of nitrogens with one attached hydrogen (secondary N) is 1. The van der Waals surface area contributed by atoms with Gasteiger partial charge in [-0.3, -0.25) is 4.79 Å². The number of hydrogen-bond acceptors (Lipinski definition) is 4. The molecule has 1 aliphatic heterocycles. The zero-order chi connectivity index (χ0) is 16.8. The Labute approximate surface area is 141 Å². The normalized spacial score (nSPS) is 15.6. The maximum absolute atomic E-state index is 11.9. The molecule has 0 bridgehead atoms. The molecule has 0 unspecified atom stereocenters. The highest BCUT2D eigenvalue weighted by Crippen LogP contribution is 2.30. The lowest BCUT2D eigenvalue weighted by atomic mass is 10.2. The molecule has 5 nitrogen and oxygen atoms in total. The van der Waals surface area contributed by atoms with Crippen LogP contribution in [-0.4, -0.2) is 31.8 Å². The van der Waals surface area contributed by atoms with Gasteiger partial charge in [-0.25, -0.2) is 0 Å². The quantitative estimate of drug-likeness (QED) is 0.886. The summed E-state index contributed by atoms with van der Waals surface area (Å²) in [6.07, 6.45) is 0.125. The van der Waals surface area contributed by atoms with Gasteiger partial charge in [0.2, 0.25) is 5.91 Å². The monoisotopic (exact) mass is 327 g/mol. The fourth-order valence-corrected chi connectivity index (χ4v) is 2.38. The third-order valence-electron chi connectivity index (χ3n) is 3.71. The second-order valence-corrected chi connectivity index (χ2v) is 5.71. The van der Waals surface area contributed by atoms with Gasteiger partial charge in [0, 0.05) is 0 Å². The van der Waals surface area contributed by atoms with Gasteiger partial charge in [-0.15, -0.1) is 0 Å². The van der Waals surface area contributed by atoms with Crippen LogP contribution in [0.2, 0.25) is 0 Å². The summed E-state index contributed by atoms with van der Waals surface area (Å²) in [6.45, 7) is 3.21. The van der Waals surface area contributed by atoms with E-state index in [9.17, 15) is 4.79 Å². The Balaban J connectivity index is 1.36. The fourth-order valence-electron chi connectivity index (χ4n) is 2.38. The Bertz CT molecular complexity index is 684. The number of hydrogen-bond donors (Lipinski definition) is 1. The molecule has 5 heteroatoms. The summed E-state index contributed by atoms with van der Waals surface area (Å²) in [5.74, 6) is 2.16. The van der Waals surface area contributed by atoms with Gasteiger partial charge < -0.3 is 19.5 Å². The number of para-hydroxylation sites is 2. The lowest BCUT2D eigenvalue weighted by molar-refractivity contribution is -0.122. The summed E-state index contributed by atoms with van der Waals surface area (Å²) in [4.78, 5) is 11.9. The zero-order valence-corrected chi connectivity index (χ0v) is 13.7. The third-order valence-corrected chi connectivity index (χ3v) is 3.71. The molecular weight excluding hydrogens is 306 g/mol. The van der Waals surface area contributed by atoms with E-state index in [0.717, 1.165) is 11.5 Å². The van der Waals surface area contributed by atoms with Crippen molar-refractivity contribution in [2.24, 2.45) is 0 Å². The minimum atomic E-state index is -0.179. The number of ether oxygens (including phenoxy) is 3. The van der Waals surface area contributed by atoms with Crippen LogP contribution in [-0.2, 0) is 4.79 Å². The highest BCUT2D eigenvalue weighted by atomic mass is 16.6. The molecule has 1 heterocycles. The number of benzene rings is 2. The smallest absolute Gasteiger partial charge is 0.223 e. The van der Waals surface area contributed by atoms with Crippen molar-refractivity contribution in [1.82, 2.24) is 5.32 Å². The summed E-state index contributed by atoms with van der Waals surface area (Å²) in [6, 6.07) is 15.3. The van der Waals surface area contributed by atoms with E-state index in [0.29, 0.717) is 31.9 Å². The lowest BCUT2D eigenvalue weighted by Gasteiger charge is -2.26. The van der Waals surface area contributed by atoms with Gasteiger partial charge in [0.05, 0.1) is 19.6 Å². The standard InChI is InChI=1S/C19H21NO4/c1-14-6-8-15(9-7-14)22-11-10-19(21)20-12-16-13-23-17-4-2-3-5-18(17)24-16/h2-9,16H,10-13H2,1H3,(H,20,21)/t16-/m0/s1. The van der Waals surface area contributed by atoms with Crippen LogP contribution in [0.5, 0.6) is 17.2 Å². The Kier molecular flexibility index (Phi) is 5.21. The average molecular weight is 327 g/mol. The molecule has 0 aliphatic carbocycles. The minimum Gasteiger partial charge on any atom is -0.493 e. The Morgan fingerprint density at radius 1 is 1.17 bits per heavy atom. The van der Waals surface area contributed by atoms with E-state index in [-0.39, 0.29) is 12.0 Å². The summed E-state index contributed by atoms with van der Waals surface area (Å²) in [5, 5.41) is 2.85. The van der Waals surface area contributed by atoms with Crippen molar-refractivity contribution in [3.63, 3.8) is 0 Å². The van der Waals surface area contributed by atoms with Crippen LogP contribution in [0.4, 0.5) is 0 Å². The third kappa shape index (κ3) is 4.41. The van der Waals surface area contributed by atoms with Crippen molar-refractivity contribution >= 4 is 5.91 Å². The molecule has 2 aromatic carbocycles. The van der Waals surface area contributed by atoms with Gasteiger partial charge >= 0.3 is 0 Å². The first-order valence-corrected chi connectivity index (χ1v) is 8.05. The molecule has 0 aromatic heterocycles. The molecule has 0 spiro atoms. The molecule has 1 amide bonds. The van der Waals surface area contributed by atoms with Crippen LogP contribution >= 0.6 is 0 Å². The molecule has 2 aromatic rings. The van der Waals surface area contributed by atoms with Crippen LogP contribution < -0.4 is 19.5 Å². The molecule has 1 N–H and O–H groups in total. The van der Waals surface area contributed by atoms with Gasteiger partial charge in [0.15, 0.2) is 11.5 Å². The van der Waals surface area contributed by atoms with Crippen LogP contribution in [0.15, 0.2) is 48.5 Å². The van der Waals surface area contributed by atoms with Gasteiger partial charge in [0.1, 0.15) is 18.5 Å². The van der Waals surface area contributed by atoms with E-state index in [1.165, 1.54) is 5.56 Å². The van der Waals surface area contributed by atoms with E-state index < -0.39 is 0 Å². The van der Waals surface area contributed by atoms with Crippen LogP contribution in [0.3, 0.4) is 0 Å². The largest absolute Gasteiger partial charge is 0.493 e. The van der Waals surface area contributed by atoms with E-state index in [1.807, 2.05) is 55.5 Å². The molecule has 3 rings (SSSR count). The number of carbonyl (C=O) groups is 1. The minimum absolute atomic E-state index is 0.0652. The summed E-state index contributed by atoms with van der Waals surface area (Å²) < 4.78 is 17.0. The Morgan fingerprint density at radius 2 is 1.92 bits per heavy atom. The van der Waals surface area contributed by atoms with Gasteiger partial charge in [0.25, 0.3) is 0 Å². The summed E-state index contributed by atoms with van der Waals surface area (Å²) >= 11 is 0. The topological polar surface area (TPSA) is 56.8 Å². The molecule has 1 atom stereocenters. The molecule has 24 heavy (non-hydrogen) atoms. The molecule has 0 radical (unpaired) electrons. The van der Waals surface area contributed by atoms with Crippen molar-refractivity contribution in [3.05, 3.63) is 54.1 Å². The zero-order valence-electron chi connectivity index (χ0n) is 13.7. The molecule has 0 fully saturated rings. The maximum atomic E-state index is 11.9. The highest BCUT2D eigenvalue weighted by Gasteiger charge is 2.20. The highest BCUT2D eigenvalue weighted by molar-refractivity contribution is 5.76. The van der Waals surface area contributed by atoms with Crippen LogP contribution in [0.25, 0.3) is 0 Å². The van der Waals surface area contributed by atoms with E-state index >= 15 is 0 Å². The molecular formula is C19H21NO4. The lowest BCUT2D eigenvalue weighted by Crippen LogP contribution is -2.41. The predicted octanol–water partition coefficient (Wildman–Crippen LogP) is 2.72. The molecule has 1 aliphatic rings. The van der Waals surface area contributed by atoms with Crippen molar-refractivity contribution in [1.29, 1.82) is 0 Å². The predicted molar refractivity (Wildman–Crippen MR) is 90.7 cm³/mol. The number of carbonyl (C=O) groups excluding carboxylic acids is 1. The van der Waals surface area contributed by atoms with Crippen LogP contribution in [0, 0.1) is 6.92 Å². The first-order valence-electron chi connectivity index (χ1n) is 8.05. The van der Waals surface area contributed by atoms with E-state index in [4.69, 9.17) is 14.2 Å². The summed E-state index contributed by atoms with van der Waals surface area (Å²) in [5.41, 5.74) is 1.18. The van der Waals surface area contributed by atoms with Crippen molar-refractivity contribution in [3.8, 4) is 17.2 Å². The number of aryl methyl sites for hydroxylation is 1. The van der Waals surface area contributed by atoms with E-state index in [2.05, 4.69) is 5.32 Å². The average Bonchev–Trinajstić information content (AvgIpc) is 2.61. The van der Waals surface area contributed by atoms with Crippen LogP contribution in [0.1, 0.15) is 12.0 Å². The second kappa shape index (κ2) is 7.73. The van der Waals surface area contributed by atoms with Gasteiger partial charge in [-0.1, -0.05) is 29.8 Å². The SMILES string of the molecule is Cc1ccc(OCCC(=O)NC[C@H]2COc3ccccc3O2)cc1. The van der Waals surface area contributed by atoms with Gasteiger partial charge in [-0.2, -0.15) is 0 Å². The van der Waals surface area contributed by atoms with Crippen molar-refractivity contribution < 1.29 is 19.0 Å². The maximum Gasteiger partial charge on any atom is 0.223 e.